The SMILES string of the molecule is CCOC(=O)C[C@H]1O[C@H](c2cccc(OC)c2C)c2cc(Br)ccc2-n2c1nnc2C(C)(F)F. The molecule has 2 aromatic carbocycles. The van der Waals surface area contributed by atoms with E-state index < -0.39 is 29.9 Å². The van der Waals surface area contributed by atoms with Crippen LogP contribution in [0.1, 0.15) is 60.8 Å². The maximum absolute atomic E-state index is 14.6. The molecule has 1 aromatic heterocycles. The van der Waals surface area contributed by atoms with Crippen LogP contribution < -0.4 is 4.74 Å². The number of halogens is 3. The van der Waals surface area contributed by atoms with Gasteiger partial charge in [0.2, 0.25) is 5.82 Å². The molecule has 0 saturated carbocycles. The summed E-state index contributed by atoms with van der Waals surface area (Å²) in [5, 5.41) is 7.82. The average molecular weight is 536 g/mol. The van der Waals surface area contributed by atoms with Crippen LogP contribution in [0.2, 0.25) is 0 Å². The van der Waals surface area contributed by atoms with Gasteiger partial charge in [0.25, 0.3) is 0 Å². The summed E-state index contributed by atoms with van der Waals surface area (Å²) in [6, 6.07) is 10.8. The molecule has 180 valence electrons. The monoisotopic (exact) mass is 535 g/mol. The van der Waals surface area contributed by atoms with E-state index in [1.54, 1.807) is 26.2 Å². The number of alkyl halides is 2. The largest absolute Gasteiger partial charge is 0.496 e. The molecule has 0 N–H and O–H groups in total. The Morgan fingerprint density at radius 3 is 2.68 bits per heavy atom. The molecule has 1 aliphatic heterocycles. The lowest BCUT2D eigenvalue weighted by Gasteiger charge is -2.24. The molecule has 10 heteroatoms. The van der Waals surface area contributed by atoms with E-state index in [4.69, 9.17) is 14.2 Å². The highest BCUT2D eigenvalue weighted by Gasteiger charge is 2.40. The Balaban J connectivity index is 1.98. The van der Waals surface area contributed by atoms with E-state index in [0.29, 0.717) is 17.0 Å². The number of carbonyl (C=O) groups excluding carboxylic acids is 1. The number of fused-ring (bicyclic) bond motifs is 3. The molecule has 34 heavy (non-hydrogen) atoms. The molecule has 0 spiro atoms. The highest BCUT2D eigenvalue weighted by atomic mass is 79.9. The summed E-state index contributed by atoms with van der Waals surface area (Å²) in [4.78, 5) is 12.4. The van der Waals surface area contributed by atoms with Crippen molar-refractivity contribution in [3.05, 3.63) is 69.2 Å². The molecular formula is C24H24BrF2N3O4. The second-order valence-corrected chi connectivity index (χ2v) is 8.91. The molecule has 3 aromatic rings. The molecule has 2 heterocycles. The summed E-state index contributed by atoms with van der Waals surface area (Å²) in [5.41, 5.74) is 2.66. The summed E-state index contributed by atoms with van der Waals surface area (Å²) in [6.07, 6.45) is -1.90. The normalized spacial score (nSPS) is 17.5. The zero-order valence-corrected chi connectivity index (χ0v) is 20.7. The summed E-state index contributed by atoms with van der Waals surface area (Å²) in [5.74, 6) is -3.58. The summed E-state index contributed by atoms with van der Waals surface area (Å²) in [6.45, 7) is 4.53. The van der Waals surface area contributed by atoms with Gasteiger partial charge in [0.1, 0.15) is 18.0 Å². The molecule has 1 aliphatic rings. The lowest BCUT2D eigenvalue weighted by Crippen LogP contribution is -2.19. The van der Waals surface area contributed by atoms with Gasteiger partial charge in [0.15, 0.2) is 5.82 Å². The van der Waals surface area contributed by atoms with Crippen LogP contribution in [0.25, 0.3) is 5.69 Å². The zero-order valence-electron chi connectivity index (χ0n) is 19.1. The van der Waals surface area contributed by atoms with Gasteiger partial charge in [-0.3, -0.25) is 9.36 Å². The lowest BCUT2D eigenvalue weighted by molar-refractivity contribution is -0.147. The van der Waals surface area contributed by atoms with E-state index >= 15 is 0 Å². The smallest absolute Gasteiger partial charge is 0.308 e. The summed E-state index contributed by atoms with van der Waals surface area (Å²) < 4.78 is 48.3. The van der Waals surface area contributed by atoms with Crippen molar-refractivity contribution in [1.29, 1.82) is 0 Å². The number of rotatable bonds is 6. The molecule has 0 fully saturated rings. The maximum Gasteiger partial charge on any atom is 0.308 e. The molecule has 0 aliphatic carbocycles. The summed E-state index contributed by atoms with van der Waals surface area (Å²) >= 11 is 3.48. The Morgan fingerprint density at radius 2 is 2.00 bits per heavy atom. The van der Waals surface area contributed by atoms with Gasteiger partial charge in [0, 0.05) is 17.0 Å². The first-order valence-corrected chi connectivity index (χ1v) is 11.5. The number of aromatic nitrogens is 3. The quantitative estimate of drug-likeness (QED) is 0.384. The van der Waals surface area contributed by atoms with E-state index in [1.165, 1.54) is 4.57 Å². The fraction of sp³-hybridized carbons (Fsp3) is 0.375. The van der Waals surface area contributed by atoms with Crippen molar-refractivity contribution >= 4 is 21.9 Å². The second-order valence-electron chi connectivity index (χ2n) is 8.00. The first-order valence-electron chi connectivity index (χ1n) is 10.7. The fourth-order valence-electron chi connectivity index (χ4n) is 4.15. The molecule has 0 radical (unpaired) electrons. The number of nitrogens with zero attached hydrogens (tertiary/aromatic N) is 3. The van der Waals surface area contributed by atoms with E-state index in [1.807, 2.05) is 31.2 Å². The van der Waals surface area contributed by atoms with Gasteiger partial charge in [-0.2, -0.15) is 8.78 Å². The van der Waals surface area contributed by atoms with Crippen LogP contribution in [-0.4, -0.2) is 34.5 Å². The molecule has 4 rings (SSSR count). The third-order valence-corrected chi connectivity index (χ3v) is 6.16. The van der Waals surface area contributed by atoms with Gasteiger partial charge in [-0.05, 0) is 49.2 Å². The van der Waals surface area contributed by atoms with Crippen LogP contribution in [0, 0.1) is 6.92 Å². The van der Waals surface area contributed by atoms with Gasteiger partial charge >= 0.3 is 11.9 Å². The van der Waals surface area contributed by atoms with Crippen LogP contribution in [0.4, 0.5) is 8.78 Å². The Morgan fingerprint density at radius 1 is 1.24 bits per heavy atom. The second kappa shape index (κ2) is 9.42. The minimum absolute atomic E-state index is 0.108. The zero-order chi connectivity index (χ0) is 24.6. The molecule has 0 saturated heterocycles. The number of benzene rings is 2. The highest BCUT2D eigenvalue weighted by molar-refractivity contribution is 9.10. The Kier molecular flexibility index (Phi) is 6.73. The number of hydrogen-bond donors (Lipinski definition) is 0. The van der Waals surface area contributed by atoms with Crippen molar-refractivity contribution in [3.8, 4) is 11.4 Å². The Hall–Kier alpha value is -2.85. The number of ether oxygens (including phenoxy) is 3. The first-order chi connectivity index (χ1) is 16.2. The summed E-state index contributed by atoms with van der Waals surface area (Å²) in [7, 11) is 1.57. The van der Waals surface area contributed by atoms with E-state index in [-0.39, 0.29) is 18.9 Å². The maximum atomic E-state index is 14.6. The van der Waals surface area contributed by atoms with Gasteiger partial charge < -0.3 is 14.2 Å². The minimum Gasteiger partial charge on any atom is -0.496 e. The van der Waals surface area contributed by atoms with Crippen LogP contribution in [0.15, 0.2) is 40.9 Å². The Labute approximate surface area is 204 Å². The Bertz CT molecular complexity index is 1230. The number of hydrogen-bond acceptors (Lipinski definition) is 6. The predicted molar refractivity (Wildman–Crippen MR) is 123 cm³/mol. The molecular weight excluding hydrogens is 512 g/mol. The molecule has 0 amide bonds. The fourth-order valence-corrected chi connectivity index (χ4v) is 4.53. The number of carbonyl (C=O) groups is 1. The van der Waals surface area contributed by atoms with E-state index in [2.05, 4.69) is 26.1 Å². The van der Waals surface area contributed by atoms with E-state index in [9.17, 15) is 13.6 Å². The standard InChI is InChI=1S/C24H24BrF2N3O4/c1-5-33-20(31)12-19-22-28-29-23(24(3,26)27)30(22)17-10-9-14(25)11-16(17)21(34-19)15-7-6-8-18(32-4)13(15)2/h6-11,19,21H,5,12H2,1-4H3/t19-,21-/m1/s1. The molecule has 7 nitrogen and oxygen atoms in total. The number of methoxy groups -OCH3 is 1. The molecule has 2 atom stereocenters. The van der Waals surface area contributed by atoms with Crippen molar-refractivity contribution in [3.63, 3.8) is 0 Å². The van der Waals surface area contributed by atoms with Gasteiger partial charge in [-0.15, -0.1) is 10.2 Å². The average Bonchev–Trinajstić information content (AvgIpc) is 3.18. The molecule has 0 bridgehead atoms. The molecule has 0 unspecified atom stereocenters. The highest BCUT2D eigenvalue weighted by Crippen LogP contribution is 2.45. The van der Waals surface area contributed by atoms with Crippen molar-refractivity contribution in [1.82, 2.24) is 14.8 Å². The van der Waals surface area contributed by atoms with Gasteiger partial charge in [0.05, 0.1) is 25.8 Å². The van der Waals surface area contributed by atoms with Crippen LogP contribution in [0.5, 0.6) is 5.75 Å². The van der Waals surface area contributed by atoms with Gasteiger partial charge in [-0.25, -0.2) is 0 Å². The van der Waals surface area contributed by atoms with Crippen molar-refractivity contribution in [2.24, 2.45) is 0 Å². The third kappa shape index (κ3) is 4.44. The van der Waals surface area contributed by atoms with Crippen LogP contribution in [-0.2, 0) is 20.2 Å². The van der Waals surface area contributed by atoms with Crippen molar-refractivity contribution in [2.75, 3.05) is 13.7 Å². The van der Waals surface area contributed by atoms with Crippen molar-refractivity contribution < 1.29 is 27.8 Å². The van der Waals surface area contributed by atoms with E-state index in [0.717, 1.165) is 22.5 Å². The van der Waals surface area contributed by atoms with Gasteiger partial charge in [-0.1, -0.05) is 28.1 Å². The van der Waals surface area contributed by atoms with Crippen LogP contribution in [0.3, 0.4) is 0 Å². The minimum atomic E-state index is -3.28. The first kappa shape index (κ1) is 24.3. The van der Waals surface area contributed by atoms with Crippen molar-refractivity contribution in [2.45, 2.75) is 45.3 Å². The third-order valence-electron chi connectivity index (χ3n) is 5.67. The topological polar surface area (TPSA) is 75.5 Å². The predicted octanol–water partition coefficient (Wildman–Crippen LogP) is 5.57. The number of esters is 1. The lowest BCUT2D eigenvalue weighted by atomic mass is 9.95. The van der Waals surface area contributed by atoms with Crippen LogP contribution >= 0.6 is 15.9 Å².